The van der Waals surface area contributed by atoms with Crippen molar-refractivity contribution in [2.75, 3.05) is 31.1 Å². The molecule has 1 aromatic heterocycles. The minimum atomic E-state index is 0.181. The normalized spacial score (nSPS) is 13.8. The monoisotopic (exact) mass is 361 g/mol. The zero-order valence-electron chi connectivity index (χ0n) is 16.4. The summed E-state index contributed by atoms with van der Waals surface area (Å²) in [5, 5.41) is 1.23. The third kappa shape index (κ3) is 2.94. The number of carbonyl (C=O) groups excluding carboxylic acids is 1. The van der Waals surface area contributed by atoms with Crippen molar-refractivity contribution < 1.29 is 4.79 Å². The molecule has 0 radical (unpaired) electrons. The lowest BCUT2D eigenvalue weighted by atomic mass is 10.0. The first-order valence-corrected chi connectivity index (χ1v) is 9.85. The van der Waals surface area contributed by atoms with Crippen molar-refractivity contribution in [3.8, 4) is 11.1 Å². The van der Waals surface area contributed by atoms with Crippen molar-refractivity contribution in [2.24, 2.45) is 0 Å². The molecule has 0 saturated carbocycles. The lowest BCUT2D eigenvalue weighted by Crippen LogP contribution is -2.42. The molecule has 4 heteroatoms. The summed E-state index contributed by atoms with van der Waals surface area (Å²) >= 11 is 0. The number of carbonyl (C=O) groups is 1. The van der Waals surface area contributed by atoms with E-state index < -0.39 is 0 Å². The first-order chi connectivity index (χ1) is 13.2. The average Bonchev–Trinajstić information content (AvgIpc) is 2.98. The van der Waals surface area contributed by atoms with Gasteiger partial charge in [-0.2, -0.15) is 0 Å². The van der Waals surface area contributed by atoms with Crippen LogP contribution in [0.1, 0.15) is 19.5 Å². The Bertz CT molecular complexity index is 970. The third-order valence-corrected chi connectivity index (χ3v) is 5.80. The van der Waals surface area contributed by atoms with Gasteiger partial charge >= 0.3 is 0 Å². The second kappa shape index (κ2) is 7.20. The Labute approximate surface area is 161 Å². The van der Waals surface area contributed by atoms with E-state index >= 15 is 0 Å². The highest BCUT2D eigenvalue weighted by Crippen LogP contribution is 2.41. The molecule has 3 aromatic rings. The maximum Gasteiger partial charge on any atom is 0.247 e. The van der Waals surface area contributed by atoms with Crippen LogP contribution in [0.2, 0.25) is 0 Å². The van der Waals surface area contributed by atoms with Gasteiger partial charge in [-0.05, 0) is 31.6 Å². The van der Waals surface area contributed by atoms with E-state index in [2.05, 4.69) is 72.7 Å². The zero-order chi connectivity index (χ0) is 19.0. The van der Waals surface area contributed by atoms with Crippen LogP contribution in [-0.4, -0.2) is 41.6 Å². The predicted octanol–water partition coefficient (Wildman–Crippen LogP) is 4.31. The van der Waals surface area contributed by atoms with Gasteiger partial charge in [-0.3, -0.25) is 4.79 Å². The fourth-order valence-corrected chi connectivity index (χ4v) is 4.28. The van der Waals surface area contributed by atoms with Gasteiger partial charge in [0.15, 0.2) is 0 Å². The molecule has 0 bridgehead atoms. The standard InChI is InChI=1S/C23H27N3O/c1-4-24(5-2)14-15-25-20-13-9-12-19-22(18-10-7-6-8-11-18)17(3)26(23(19)20)16-21(25)27/h6-13H,4-5,14-16H2,1-3H3. The van der Waals surface area contributed by atoms with E-state index in [4.69, 9.17) is 0 Å². The molecule has 2 heterocycles. The molecule has 1 amide bonds. The van der Waals surface area contributed by atoms with E-state index in [0.29, 0.717) is 6.54 Å². The van der Waals surface area contributed by atoms with Gasteiger partial charge in [0.2, 0.25) is 5.91 Å². The number of hydrogen-bond donors (Lipinski definition) is 0. The first-order valence-electron chi connectivity index (χ1n) is 9.85. The quantitative estimate of drug-likeness (QED) is 0.655. The molecule has 0 spiro atoms. The minimum absolute atomic E-state index is 0.181. The second-order valence-corrected chi connectivity index (χ2v) is 7.16. The fraction of sp³-hybridized carbons (Fsp3) is 0.348. The van der Waals surface area contributed by atoms with E-state index in [-0.39, 0.29) is 5.91 Å². The summed E-state index contributed by atoms with van der Waals surface area (Å²) in [6.07, 6.45) is 0. The highest BCUT2D eigenvalue weighted by molar-refractivity contribution is 6.11. The van der Waals surface area contributed by atoms with Crippen LogP contribution in [0.15, 0.2) is 48.5 Å². The van der Waals surface area contributed by atoms with Crippen LogP contribution in [0.4, 0.5) is 5.69 Å². The van der Waals surface area contributed by atoms with E-state index in [1.54, 1.807) is 0 Å². The topological polar surface area (TPSA) is 28.5 Å². The molecule has 0 N–H and O–H groups in total. The molecule has 27 heavy (non-hydrogen) atoms. The van der Waals surface area contributed by atoms with Crippen LogP contribution in [0.25, 0.3) is 22.0 Å². The lowest BCUT2D eigenvalue weighted by Gasteiger charge is -2.31. The third-order valence-electron chi connectivity index (χ3n) is 5.80. The number of aromatic nitrogens is 1. The molecule has 0 saturated heterocycles. The highest BCUT2D eigenvalue weighted by atomic mass is 16.2. The van der Waals surface area contributed by atoms with Gasteiger partial charge in [0.1, 0.15) is 6.54 Å². The summed E-state index contributed by atoms with van der Waals surface area (Å²) in [5.74, 6) is 0.181. The van der Waals surface area contributed by atoms with Gasteiger partial charge in [0.25, 0.3) is 0 Å². The Hall–Kier alpha value is -2.59. The zero-order valence-corrected chi connectivity index (χ0v) is 16.4. The van der Waals surface area contributed by atoms with E-state index in [0.717, 1.165) is 31.9 Å². The highest BCUT2D eigenvalue weighted by Gasteiger charge is 2.29. The maximum absolute atomic E-state index is 13.0. The van der Waals surface area contributed by atoms with Gasteiger partial charge in [-0.15, -0.1) is 0 Å². The number of likely N-dealkylation sites (N-methyl/N-ethyl adjacent to an activating group) is 1. The Morgan fingerprint density at radius 1 is 1.00 bits per heavy atom. The van der Waals surface area contributed by atoms with Crippen molar-refractivity contribution in [1.29, 1.82) is 0 Å². The van der Waals surface area contributed by atoms with Gasteiger partial charge in [0.05, 0.1) is 11.2 Å². The molecule has 4 rings (SSSR count). The smallest absolute Gasteiger partial charge is 0.247 e. The molecule has 0 fully saturated rings. The molecule has 0 unspecified atom stereocenters. The Kier molecular flexibility index (Phi) is 4.75. The number of rotatable bonds is 6. The Morgan fingerprint density at radius 3 is 2.44 bits per heavy atom. The number of hydrogen-bond acceptors (Lipinski definition) is 2. The number of amides is 1. The molecule has 0 atom stereocenters. The van der Waals surface area contributed by atoms with E-state index in [9.17, 15) is 4.79 Å². The van der Waals surface area contributed by atoms with Crippen LogP contribution >= 0.6 is 0 Å². The van der Waals surface area contributed by atoms with Crippen LogP contribution in [0, 0.1) is 6.92 Å². The maximum atomic E-state index is 13.0. The summed E-state index contributed by atoms with van der Waals surface area (Å²) in [6.45, 7) is 10.6. The SMILES string of the molecule is CCN(CC)CCN1C(=O)Cn2c(C)c(-c3ccccc3)c3cccc1c32. The van der Waals surface area contributed by atoms with Gasteiger partial charge in [-0.25, -0.2) is 0 Å². The van der Waals surface area contributed by atoms with Gasteiger partial charge in [-0.1, -0.05) is 56.3 Å². The summed E-state index contributed by atoms with van der Waals surface area (Å²) in [4.78, 5) is 17.3. The summed E-state index contributed by atoms with van der Waals surface area (Å²) in [6, 6.07) is 16.8. The second-order valence-electron chi connectivity index (χ2n) is 7.16. The minimum Gasteiger partial charge on any atom is -0.333 e. The molecule has 1 aliphatic heterocycles. The van der Waals surface area contributed by atoms with Crippen LogP contribution < -0.4 is 4.90 Å². The average molecular weight is 361 g/mol. The van der Waals surface area contributed by atoms with Gasteiger partial charge < -0.3 is 14.4 Å². The van der Waals surface area contributed by atoms with E-state index in [1.165, 1.54) is 27.7 Å². The molecule has 0 aliphatic carbocycles. The fourth-order valence-electron chi connectivity index (χ4n) is 4.28. The van der Waals surface area contributed by atoms with Crippen molar-refractivity contribution >= 4 is 22.5 Å². The van der Waals surface area contributed by atoms with Crippen molar-refractivity contribution in [1.82, 2.24) is 9.47 Å². The van der Waals surface area contributed by atoms with Gasteiger partial charge in [0, 0.05) is 29.7 Å². The van der Waals surface area contributed by atoms with Crippen molar-refractivity contribution in [3.63, 3.8) is 0 Å². The summed E-state index contributed by atoms with van der Waals surface area (Å²) in [7, 11) is 0. The van der Waals surface area contributed by atoms with Crippen LogP contribution in [0.5, 0.6) is 0 Å². The first kappa shape index (κ1) is 17.8. The number of nitrogens with zero attached hydrogens (tertiary/aromatic N) is 3. The largest absolute Gasteiger partial charge is 0.333 e. The number of benzene rings is 2. The Morgan fingerprint density at radius 2 is 1.74 bits per heavy atom. The lowest BCUT2D eigenvalue weighted by molar-refractivity contribution is -0.119. The molecular weight excluding hydrogens is 334 g/mol. The number of para-hydroxylation sites is 1. The molecular formula is C23H27N3O. The molecule has 4 nitrogen and oxygen atoms in total. The summed E-state index contributed by atoms with van der Waals surface area (Å²) < 4.78 is 2.20. The van der Waals surface area contributed by atoms with Crippen LogP contribution in [0.3, 0.4) is 0 Å². The van der Waals surface area contributed by atoms with E-state index in [1.807, 2.05) is 11.0 Å². The molecule has 140 valence electrons. The molecule has 1 aliphatic rings. The Balaban J connectivity index is 1.82. The van der Waals surface area contributed by atoms with Crippen molar-refractivity contribution in [2.45, 2.75) is 27.3 Å². The van der Waals surface area contributed by atoms with Crippen molar-refractivity contribution in [3.05, 3.63) is 54.2 Å². The summed E-state index contributed by atoms with van der Waals surface area (Å²) in [5.41, 5.74) is 5.85. The molecule has 2 aromatic carbocycles. The predicted molar refractivity (Wildman–Crippen MR) is 112 cm³/mol. The van der Waals surface area contributed by atoms with Crippen LogP contribution in [-0.2, 0) is 11.3 Å². The number of anilines is 1.